The van der Waals surface area contributed by atoms with Crippen LogP contribution in [0, 0.1) is 10.1 Å². The molecule has 4 rings (SSSR count). The number of nitro groups is 1. The van der Waals surface area contributed by atoms with Crippen LogP contribution in [0.3, 0.4) is 0 Å². The van der Waals surface area contributed by atoms with Gasteiger partial charge < -0.3 is 4.74 Å². The van der Waals surface area contributed by atoms with E-state index < -0.39 is 4.92 Å². The molecule has 0 spiro atoms. The molecule has 0 aliphatic heterocycles. The minimum Gasteiger partial charge on any atom is -0.496 e. The Bertz CT molecular complexity index is 1310. The van der Waals surface area contributed by atoms with Gasteiger partial charge in [0, 0.05) is 16.9 Å². The third kappa shape index (κ3) is 5.61. The van der Waals surface area contributed by atoms with Gasteiger partial charge in [0.2, 0.25) is 0 Å². The predicted molar refractivity (Wildman–Crippen MR) is 128 cm³/mol. The highest BCUT2D eigenvalue weighted by molar-refractivity contribution is 7.14. The summed E-state index contributed by atoms with van der Waals surface area (Å²) in [5.74, 6) is 0.583. The molecule has 0 aliphatic rings. The lowest BCUT2D eigenvalue weighted by Gasteiger charge is -2.09. The molecule has 0 saturated carbocycles. The van der Waals surface area contributed by atoms with E-state index >= 15 is 0 Å². The van der Waals surface area contributed by atoms with Crippen molar-refractivity contribution in [3.05, 3.63) is 116 Å². The average Bonchev–Trinajstić information content (AvgIpc) is 3.48. The fourth-order valence-electron chi connectivity index (χ4n) is 3.39. The van der Waals surface area contributed by atoms with Crippen molar-refractivity contribution in [2.45, 2.75) is 13.0 Å². The van der Waals surface area contributed by atoms with Crippen LogP contribution in [-0.4, -0.2) is 27.6 Å². The first-order valence-electron chi connectivity index (χ1n) is 10.2. The zero-order valence-electron chi connectivity index (χ0n) is 17.9. The number of ether oxygens (including phenoxy) is 1. The lowest BCUT2D eigenvalue weighted by Crippen LogP contribution is -2.02. The van der Waals surface area contributed by atoms with Gasteiger partial charge in [0.1, 0.15) is 18.1 Å². The fourth-order valence-corrected chi connectivity index (χ4v) is 4.35. The molecule has 0 bridgehead atoms. The maximum Gasteiger partial charge on any atom is 0.307 e. The summed E-state index contributed by atoms with van der Waals surface area (Å²) < 4.78 is 6.89. The van der Waals surface area contributed by atoms with Crippen LogP contribution >= 0.6 is 11.3 Å². The Labute approximate surface area is 194 Å². The molecule has 7 nitrogen and oxygen atoms in total. The van der Waals surface area contributed by atoms with E-state index in [4.69, 9.17) is 4.74 Å². The molecule has 166 valence electrons. The number of allylic oxidation sites excluding steroid dienone is 1. The Morgan fingerprint density at radius 2 is 2.00 bits per heavy atom. The number of ketones is 1. The van der Waals surface area contributed by atoms with Crippen molar-refractivity contribution in [1.82, 2.24) is 9.78 Å². The van der Waals surface area contributed by atoms with Crippen LogP contribution in [0.4, 0.5) is 5.69 Å². The van der Waals surface area contributed by atoms with E-state index in [1.807, 2.05) is 42.5 Å². The maximum absolute atomic E-state index is 12.7. The molecule has 0 saturated heterocycles. The van der Waals surface area contributed by atoms with Gasteiger partial charge in [0.05, 0.1) is 23.5 Å². The fraction of sp³-hybridized carbons (Fsp3) is 0.120. The number of hydrogen-bond donors (Lipinski definition) is 0. The molecule has 2 heterocycles. The first-order valence-corrected chi connectivity index (χ1v) is 11.0. The molecular weight excluding hydrogens is 438 g/mol. The van der Waals surface area contributed by atoms with Crippen molar-refractivity contribution in [2.24, 2.45) is 0 Å². The second kappa shape index (κ2) is 10.1. The Morgan fingerprint density at radius 1 is 1.18 bits per heavy atom. The Kier molecular flexibility index (Phi) is 6.75. The Morgan fingerprint density at radius 3 is 2.73 bits per heavy atom. The summed E-state index contributed by atoms with van der Waals surface area (Å²) >= 11 is 1.50. The van der Waals surface area contributed by atoms with E-state index in [2.05, 4.69) is 17.2 Å². The normalized spacial score (nSPS) is 11.1. The van der Waals surface area contributed by atoms with Gasteiger partial charge >= 0.3 is 5.69 Å². The standard InChI is InChI=1S/C25H21N3O4S/c1-32-24-11-8-19(13-20(24)16-27-17-21(15-26-27)28(30)31)7-10-23(29)25-12-9-22(33-25)14-18-5-3-2-4-6-18/h2-13,15,17H,14,16H2,1H3/b10-7+. The van der Waals surface area contributed by atoms with Crippen LogP contribution in [0.25, 0.3) is 6.08 Å². The topological polar surface area (TPSA) is 87.3 Å². The molecule has 0 unspecified atom stereocenters. The van der Waals surface area contributed by atoms with Crippen molar-refractivity contribution >= 4 is 28.9 Å². The second-order valence-electron chi connectivity index (χ2n) is 7.35. The van der Waals surface area contributed by atoms with Crippen LogP contribution in [0.15, 0.2) is 79.1 Å². The summed E-state index contributed by atoms with van der Waals surface area (Å²) in [4.78, 5) is 24.9. The van der Waals surface area contributed by atoms with Crippen LogP contribution in [-0.2, 0) is 13.0 Å². The van der Waals surface area contributed by atoms with E-state index in [0.717, 1.165) is 22.4 Å². The monoisotopic (exact) mass is 459 g/mol. The highest BCUT2D eigenvalue weighted by Gasteiger charge is 2.12. The third-order valence-electron chi connectivity index (χ3n) is 5.02. The summed E-state index contributed by atoms with van der Waals surface area (Å²) in [7, 11) is 1.56. The predicted octanol–water partition coefficient (Wildman–Crippen LogP) is 5.40. The third-order valence-corrected chi connectivity index (χ3v) is 6.12. The molecule has 4 aromatic rings. The highest BCUT2D eigenvalue weighted by atomic mass is 32.1. The summed E-state index contributed by atoms with van der Waals surface area (Å²) in [5, 5.41) is 14.9. The molecule has 33 heavy (non-hydrogen) atoms. The van der Waals surface area contributed by atoms with E-state index in [9.17, 15) is 14.9 Å². The van der Waals surface area contributed by atoms with Gasteiger partial charge in [-0.3, -0.25) is 19.6 Å². The number of rotatable bonds is 9. The van der Waals surface area contributed by atoms with Crippen molar-refractivity contribution in [3.63, 3.8) is 0 Å². The number of aromatic nitrogens is 2. The van der Waals surface area contributed by atoms with E-state index in [-0.39, 0.29) is 11.5 Å². The molecule has 0 aliphatic carbocycles. The molecule has 8 heteroatoms. The molecule has 0 atom stereocenters. The maximum atomic E-state index is 12.7. The summed E-state index contributed by atoms with van der Waals surface area (Å²) in [5.41, 5.74) is 2.76. The van der Waals surface area contributed by atoms with Crippen molar-refractivity contribution in [3.8, 4) is 5.75 Å². The van der Waals surface area contributed by atoms with Gasteiger partial charge in [-0.15, -0.1) is 11.3 Å². The van der Waals surface area contributed by atoms with Crippen LogP contribution in [0.1, 0.15) is 31.2 Å². The first kappa shape index (κ1) is 22.2. The minimum absolute atomic E-state index is 0.0561. The van der Waals surface area contributed by atoms with Crippen LogP contribution < -0.4 is 4.74 Å². The van der Waals surface area contributed by atoms with Gasteiger partial charge in [-0.05, 0) is 41.5 Å². The lowest BCUT2D eigenvalue weighted by molar-refractivity contribution is -0.385. The molecule has 0 fully saturated rings. The number of hydrogen-bond acceptors (Lipinski definition) is 6. The van der Waals surface area contributed by atoms with Gasteiger partial charge in [-0.25, -0.2) is 0 Å². The molecular formula is C25H21N3O4S. The van der Waals surface area contributed by atoms with Gasteiger partial charge in [0.25, 0.3) is 0 Å². The number of thiophene rings is 1. The Balaban J connectivity index is 1.46. The van der Waals surface area contributed by atoms with E-state index in [1.165, 1.54) is 34.0 Å². The second-order valence-corrected chi connectivity index (χ2v) is 8.52. The minimum atomic E-state index is -0.485. The number of methoxy groups -OCH3 is 1. The SMILES string of the molecule is COc1ccc(/C=C/C(=O)c2ccc(Cc3ccccc3)s2)cc1Cn1cc([N+](=O)[O-])cn1. The molecule has 0 amide bonds. The van der Waals surface area contributed by atoms with Crippen molar-refractivity contribution in [1.29, 1.82) is 0 Å². The smallest absolute Gasteiger partial charge is 0.307 e. The summed E-state index contributed by atoms with van der Waals surface area (Å²) in [6.45, 7) is 0.306. The molecule has 0 radical (unpaired) electrons. The van der Waals surface area contributed by atoms with Crippen LogP contribution in [0.5, 0.6) is 5.75 Å². The quantitative estimate of drug-likeness (QED) is 0.145. The van der Waals surface area contributed by atoms with Gasteiger partial charge in [0.15, 0.2) is 5.78 Å². The van der Waals surface area contributed by atoms with Crippen molar-refractivity contribution in [2.75, 3.05) is 7.11 Å². The highest BCUT2D eigenvalue weighted by Crippen LogP contribution is 2.24. The summed E-state index contributed by atoms with van der Waals surface area (Å²) in [6, 6.07) is 19.5. The Hall–Kier alpha value is -4.04. The molecule has 2 aromatic heterocycles. The van der Waals surface area contributed by atoms with Gasteiger partial charge in [-0.1, -0.05) is 42.5 Å². The summed E-state index contributed by atoms with van der Waals surface area (Å²) in [6.07, 6.45) is 6.70. The van der Waals surface area contributed by atoms with E-state index in [1.54, 1.807) is 25.3 Å². The zero-order valence-corrected chi connectivity index (χ0v) is 18.7. The number of benzene rings is 2. The number of nitrogens with zero attached hydrogens (tertiary/aromatic N) is 3. The van der Waals surface area contributed by atoms with E-state index in [0.29, 0.717) is 17.2 Å². The number of carbonyl (C=O) groups excluding carboxylic acids is 1. The average molecular weight is 460 g/mol. The zero-order chi connectivity index (χ0) is 23.2. The first-order chi connectivity index (χ1) is 16.0. The number of carbonyl (C=O) groups is 1. The van der Waals surface area contributed by atoms with Gasteiger partial charge in [-0.2, -0.15) is 5.10 Å². The van der Waals surface area contributed by atoms with Crippen molar-refractivity contribution < 1.29 is 14.5 Å². The largest absolute Gasteiger partial charge is 0.496 e. The molecule has 0 N–H and O–H groups in total. The molecule has 2 aromatic carbocycles. The van der Waals surface area contributed by atoms with Crippen LogP contribution in [0.2, 0.25) is 0 Å². The lowest BCUT2D eigenvalue weighted by atomic mass is 10.1.